The molecule has 1 aromatic carbocycles. The largest absolute Gasteiger partial charge is 0.497 e. The predicted octanol–water partition coefficient (Wildman–Crippen LogP) is 1.83. The number of piperidine rings is 1. The van der Waals surface area contributed by atoms with Gasteiger partial charge < -0.3 is 14.4 Å². The lowest BCUT2D eigenvalue weighted by Gasteiger charge is -2.21. The molecule has 108 valence electrons. The summed E-state index contributed by atoms with van der Waals surface area (Å²) in [6, 6.07) is 7.61. The lowest BCUT2D eigenvalue weighted by Crippen LogP contribution is -2.32. The van der Waals surface area contributed by atoms with Crippen LogP contribution in [0.25, 0.3) is 0 Å². The van der Waals surface area contributed by atoms with Gasteiger partial charge in [0.25, 0.3) is 0 Å². The molecule has 20 heavy (non-hydrogen) atoms. The molecule has 1 heterocycles. The Morgan fingerprint density at radius 3 is 2.45 bits per heavy atom. The maximum Gasteiger partial charge on any atom is 0.229 e. The van der Waals surface area contributed by atoms with Gasteiger partial charge in [-0.05, 0) is 24.6 Å². The Labute approximate surface area is 117 Å². The summed E-state index contributed by atoms with van der Waals surface area (Å²) in [6.07, 6.45) is 0. The first-order valence-electron chi connectivity index (χ1n) is 6.43. The van der Waals surface area contributed by atoms with Crippen molar-refractivity contribution >= 4 is 12.7 Å². The van der Waals surface area contributed by atoms with E-state index in [1.807, 2.05) is 31.1 Å². The topological polar surface area (TPSA) is 46.6 Å². The van der Waals surface area contributed by atoms with Gasteiger partial charge in [-0.3, -0.25) is 4.79 Å². The maximum absolute atomic E-state index is 13.7. The first kappa shape index (κ1) is 14.5. The first-order chi connectivity index (χ1) is 9.54. The predicted molar refractivity (Wildman–Crippen MR) is 72.0 cm³/mol. The van der Waals surface area contributed by atoms with Crippen LogP contribution in [0.3, 0.4) is 0 Å². The van der Waals surface area contributed by atoms with Gasteiger partial charge in [-0.25, -0.2) is 4.39 Å². The molecule has 1 aliphatic heterocycles. The second-order valence-electron chi connectivity index (χ2n) is 5.30. The molecule has 4 nitrogen and oxygen atoms in total. The summed E-state index contributed by atoms with van der Waals surface area (Å²) in [5.74, 6) is 0.269. The van der Waals surface area contributed by atoms with Gasteiger partial charge in [0.2, 0.25) is 5.91 Å². The number of fused-ring (bicyclic) bond motifs is 1. The number of ether oxygens (including phenoxy) is 1. The third kappa shape index (κ3) is 2.28. The lowest BCUT2D eigenvalue weighted by atomic mass is 10.2. The van der Waals surface area contributed by atoms with Crippen molar-refractivity contribution in [2.24, 2.45) is 11.8 Å². The van der Waals surface area contributed by atoms with E-state index in [1.54, 1.807) is 12.0 Å². The van der Waals surface area contributed by atoms with Crippen molar-refractivity contribution in [3.05, 3.63) is 29.8 Å². The summed E-state index contributed by atoms with van der Waals surface area (Å²) in [5.41, 5.74) is -0.209. The molecule has 3 unspecified atom stereocenters. The van der Waals surface area contributed by atoms with Crippen LogP contribution in [0.15, 0.2) is 24.3 Å². The second-order valence-corrected chi connectivity index (χ2v) is 5.30. The number of carbonyl (C=O) groups excluding carboxylic acids is 2. The van der Waals surface area contributed by atoms with Crippen LogP contribution in [0.1, 0.15) is 12.5 Å². The monoisotopic (exact) mass is 279 g/mol. The fraction of sp³-hybridized carbons (Fsp3) is 0.467. The van der Waals surface area contributed by atoms with Crippen LogP contribution in [0.5, 0.6) is 5.75 Å². The number of hydrogen-bond donors (Lipinski definition) is 0. The smallest absolute Gasteiger partial charge is 0.229 e. The molecule has 0 bridgehead atoms. The van der Waals surface area contributed by atoms with Gasteiger partial charge in [-0.15, -0.1) is 0 Å². The van der Waals surface area contributed by atoms with E-state index in [0.29, 0.717) is 13.1 Å². The summed E-state index contributed by atoms with van der Waals surface area (Å²) in [6.45, 7) is 4.64. The zero-order valence-corrected chi connectivity index (χ0v) is 11.6. The molecule has 3 atom stereocenters. The number of rotatable bonds is 3. The average molecular weight is 279 g/mol. The Balaban J connectivity index is 0.000000704. The van der Waals surface area contributed by atoms with E-state index in [4.69, 9.17) is 9.53 Å². The van der Waals surface area contributed by atoms with Crippen molar-refractivity contribution in [2.45, 2.75) is 19.1 Å². The summed E-state index contributed by atoms with van der Waals surface area (Å²) in [5, 5.41) is 0. The number of amides is 1. The highest BCUT2D eigenvalue weighted by Gasteiger charge is 2.71. The van der Waals surface area contributed by atoms with Crippen LogP contribution in [0.4, 0.5) is 4.39 Å². The molecule has 1 amide bonds. The molecule has 1 saturated carbocycles. The minimum Gasteiger partial charge on any atom is -0.497 e. The Kier molecular flexibility index (Phi) is 3.79. The third-order valence-electron chi connectivity index (χ3n) is 4.15. The van der Waals surface area contributed by atoms with Crippen LogP contribution in [0.2, 0.25) is 0 Å². The number of benzene rings is 1. The van der Waals surface area contributed by atoms with Gasteiger partial charge >= 0.3 is 0 Å². The molecular weight excluding hydrogens is 261 g/mol. The fourth-order valence-electron chi connectivity index (χ4n) is 2.88. The molecule has 1 saturated heterocycles. The van der Waals surface area contributed by atoms with Gasteiger partial charge in [-0.1, -0.05) is 12.1 Å². The highest BCUT2D eigenvalue weighted by Crippen LogP contribution is 2.58. The van der Waals surface area contributed by atoms with Crippen molar-refractivity contribution < 1.29 is 18.7 Å². The summed E-state index contributed by atoms with van der Waals surface area (Å²) < 4.78 is 18.8. The van der Waals surface area contributed by atoms with Crippen molar-refractivity contribution in [3.8, 4) is 5.75 Å². The molecule has 0 spiro atoms. The van der Waals surface area contributed by atoms with Gasteiger partial charge in [0.1, 0.15) is 18.2 Å². The first-order valence-corrected chi connectivity index (χ1v) is 6.43. The summed E-state index contributed by atoms with van der Waals surface area (Å²) >= 11 is 0. The van der Waals surface area contributed by atoms with E-state index in [-0.39, 0.29) is 11.8 Å². The molecule has 5 heteroatoms. The molecular formula is C15H18FNO3. The Hall–Kier alpha value is -1.91. The van der Waals surface area contributed by atoms with Crippen LogP contribution in [-0.2, 0) is 16.1 Å². The Bertz CT molecular complexity index is 500. The van der Waals surface area contributed by atoms with Crippen molar-refractivity contribution in [2.75, 3.05) is 13.7 Å². The minimum atomic E-state index is -1.26. The van der Waals surface area contributed by atoms with Crippen LogP contribution < -0.4 is 4.74 Å². The van der Waals surface area contributed by atoms with Gasteiger partial charge in [-0.2, -0.15) is 0 Å². The molecule has 0 aromatic heterocycles. The maximum atomic E-state index is 13.7. The van der Waals surface area contributed by atoms with Crippen molar-refractivity contribution in [1.82, 2.24) is 4.90 Å². The number of likely N-dealkylation sites (tertiary alicyclic amines) is 1. The number of halogens is 1. The Morgan fingerprint density at radius 2 is 2.00 bits per heavy atom. The number of alkyl halides is 1. The van der Waals surface area contributed by atoms with E-state index < -0.39 is 11.6 Å². The van der Waals surface area contributed by atoms with E-state index in [9.17, 15) is 9.18 Å². The van der Waals surface area contributed by atoms with Gasteiger partial charge in [0.15, 0.2) is 0 Å². The van der Waals surface area contributed by atoms with E-state index in [2.05, 4.69) is 0 Å². The van der Waals surface area contributed by atoms with Gasteiger partial charge in [0.05, 0.1) is 13.0 Å². The van der Waals surface area contributed by atoms with Crippen LogP contribution in [0, 0.1) is 11.8 Å². The molecule has 1 aromatic rings. The second kappa shape index (κ2) is 5.23. The highest BCUT2D eigenvalue weighted by molar-refractivity contribution is 5.87. The summed E-state index contributed by atoms with van der Waals surface area (Å²) in [4.78, 5) is 21.7. The standard InChI is InChI=1S/C14H16FNO2.CH2O/c1-14(15)11-8-16(13(17)12(11)14)7-9-3-5-10(18-2)6-4-9;1-2/h3-6,11-12H,7-8H2,1-2H3;1H2. The molecule has 0 N–H and O–H groups in total. The number of methoxy groups -OCH3 is 1. The normalized spacial score (nSPS) is 30.4. The SMILES string of the molecule is C=O.COc1ccc(CN2CC3C(C2=O)C3(C)F)cc1. The van der Waals surface area contributed by atoms with E-state index in [1.165, 1.54) is 6.92 Å². The quantitative estimate of drug-likeness (QED) is 0.848. The zero-order valence-electron chi connectivity index (χ0n) is 11.6. The van der Waals surface area contributed by atoms with Crippen molar-refractivity contribution in [1.29, 1.82) is 0 Å². The van der Waals surface area contributed by atoms with Crippen molar-refractivity contribution in [3.63, 3.8) is 0 Å². The van der Waals surface area contributed by atoms with E-state index in [0.717, 1.165) is 11.3 Å². The molecule has 1 aliphatic carbocycles. The van der Waals surface area contributed by atoms with Crippen LogP contribution >= 0.6 is 0 Å². The minimum absolute atomic E-state index is 0.0409. The third-order valence-corrected chi connectivity index (χ3v) is 4.15. The van der Waals surface area contributed by atoms with Gasteiger partial charge in [0, 0.05) is 19.0 Å². The number of nitrogens with zero attached hydrogens (tertiary/aromatic N) is 1. The fourth-order valence-corrected chi connectivity index (χ4v) is 2.88. The summed E-state index contributed by atoms with van der Waals surface area (Å²) in [7, 11) is 1.62. The average Bonchev–Trinajstić information content (AvgIpc) is 2.82. The Morgan fingerprint density at radius 1 is 1.40 bits per heavy atom. The highest BCUT2D eigenvalue weighted by atomic mass is 19.1. The zero-order chi connectivity index (χ0) is 14.9. The van der Waals surface area contributed by atoms with Crippen LogP contribution in [-0.4, -0.2) is 36.9 Å². The number of carbonyl (C=O) groups is 2. The molecule has 2 fully saturated rings. The molecule has 2 aliphatic rings. The molecule has 0 radical (unpaired) electrons. The number of hydrogen-bond acceptors (Lipinski definition) is 3. The molecule has 3 rings (SSSR count). The van der Waals surface area contributed by atoms with E-state index >= 15 is 0 Å². The lowest BCUT2D eigenvalue weighted by molar-refractivity contribution is -0.132.